The Labute approximate surface area is 242 Å². The van der Waals surface area contributed by atoms with Crippen molar-refractivity contribution in [3.63, 3.8) is 0 Å². The lowest BCUT2D eigenvalue weighted by molar-refractivity contribution is -0.0592. The molecule has 2 atom stereocenters. The summed E-state index contributed by atoms with van der Waals surface area (Å²) in [4.78, 5) is 22.9. The number of fused-ring (bicyclic) bond motifs is 2. The second-order valence-electron chi connectivity index (χ2n) is 11.0. The molecule has 0 unspecified atom stereocenters. The normalized spacial score (nSPS) is 20.9. The Morgan fingerprint density at radius 3 is 2.71 bits per heavy atom. The SMILES string of the molecule is O=Cc1cc2nc(CN3CCC(c4cccc5c4O[C@@H](c4ccc(Cl)cc4F)C=C5)CC3)n(C[C@@H]3CCO3)c2cn1. The maximum atomic E-state index is 14.7. The summed E-state index contributed by atoms with van der Waals surface area (Å²) in [5.41, 5.74) is 4.78. The lowest BCUT2D eigenvalue weighted by Gasteiger charge is -2.34. The highest BCUT2D eigenvalue weighted by atomic mass is 35.5. The van der Waals surface area contributed by atoms with E-state index in [0.717, 1.165) is 80.0 Å². The van der Waals surface area contributed by atoms with Gasteiger partial charge in [-0.05, 0) is 68.1 Å². The van der Waals surface area contributed by atoms with E-state index in [4.69, 9.17) is 26.1 Å². The Bertz CT molecular complexity index is 1640. The van der Waals surface area contributed by atoms with Gasteiger partial charge >= 0.3 is 0 Å². The van der Waals surface area contributed by atoms with Crippen molar-refractivity contribution in [1.82, 2.24) is 19.4 Å². The van der Waals surface area contributed by atoms with Crippen molar-refractivity contribution in [3.8, 4) is 5.75 Å². The van der Waals surface area contributed by atoms with Gasteiger partial charge in [0.1, 0.15) is 29.2 Å². The lowest BCUT2D eigenvalue weighted by Crippen LogP contribution is -2.35. The van der Waals surface area contributed by atoms with Gasteiger partial charge in [-0.2, -0.15) is 0 Å². The second-order valence-corrected chi connectivity index (χ2v) is 11.5. The zero-order chi connectivity index (χ0) is 27.9. The van der Waals surface area contributed by atoms with Crippen molar-refractivity contribution in [3.05, 3.63) is 93.8 Å². The number of halogens is 2. The molecular weight excluding hydrogens is 543 g/mol. The summed E-state index contributed by atoms with van der Waals surface area (Å²) in [7, 11) is 0. The van der Waals surface area contributed by atoms with Crippen LogP contribution in [-0.4, -0.2) is 51.5 Å². The first-order valence-electron chi connectivity index (χ1n) is 14.1. The van der Waals surface area contributed by atoms with Gasteiger partial charge in [0.05, 0.1) is 36.4 Å². The molecule has 0 N–H and O–H groups in total. The Morgan fingerprint density at radius 2 is 1.95 bits per heavy atom. The number of likely N-dealkylation sites (tertiary alicyclic amines) is 1. The molecule has 9 heteroatoms. The molecule has 4 aromatic rings. The van der Waals surface area contributed by atoms with Gasteiger partial charge in [0.15, 0.2) is 6.29 Å². The zero-order valence-electron chi connectivity index (χ0n) is 22.5. The molecule has 41 heavy (non-hydrogen) atoms. The Kier molecular flexibility index (Phi) is 7.06. The van der Waals surface area contributed by atoms with Crippen LogP contribution in [-0.2, 0) is 17.8 Å². The van der Waals surface area contributed by atoms with E-state index in [1.807, 2.05) is 18.2 Å². The largest absolute Gasteiger partial charge is 0.481 e. The average molecular weight is 573 g/mol. The molecule has 0 aliphatic carbocycles. The zero-order valence-corrected chi connectivity index (χ0v) is 23.3. The van der Waals surface area contributed by atoms with Gasteiger partial charge in [0.25, 0.3) is 0 Å². The highest BCUT2D eigenvalue weighted by molar-refractivity contribution is 6.30. The first kappa shape index (κ1) is 26.3. The number of piperidine rings is 1. The molecule has 0 spiro atoms. The number of rotatable bonds is 7. The number of aldehydes is 1. The maximum Gasteiger partial charge on any atom is 0.168 e. The molecular formula is C32H30ClFN4O3. The Hall–Kier alpha value is -3.59. The molecule has 0 amide bonds. The molecule has 0 saturated carbocycles. The van der Waals surface area contributed by atoms with Gasteiger partial charge in [-0.1, -0.05) is 41.9 Å². The highest BCUT2D eigenvalue weighted by Gasteiger charge is 2.29. The number of hydrogen-bond acceptors (Lipinski definition) is 6. The molecule has 7 nitrogen and oxygen atoms in total. The van der Waals surface area contributed by atoms with Crippen LogP contribution in [0.4, 0.5) is 4.39 Å². The summed E-state index contributed by atoms with van der Waals surface area (Å²) in [5.74, 6) is 1.78. The number of imidazole rings is 1. The standard InChI is InChI=1S/C32H30ClFN4O3/c33-22-5-6-26(27(34)14-22)30-7-4-21-2-1-3-25(32(21)41-30)20-8-11-37(12-9-20)18-31-36-28-15-23(19-39)35-16-29(28)38(31)17-24-10-13-40-24/h1-7,14-16,19-20,24,30H,8-13,17-18H2/t24-,30+/m0/s1. The summed E-state index contributed by atoms with van der Waals surface area (Å²) in [6.45, 7) is 4.09. The van der Waals surface area contributed by atoms with Crippen LogP contribution in [0.3, 0.4) is 0 Å². The fourth-order valence-electron chi connectivity index (χ4n) is 6.13. The summed E-state index contributed by atoms with van der Waals surface area (Å²) in [6.07, 6.45) is 9.11. The number of carbonyl (C=O) groups excluding carboxylic acids is 1. The van der Waals surface area contributed by atoms with Crippen LogP contribution in [0.5, 0.6) is 5.75 Å². The first-order chi connectivity index (χ1) is 20.1. The molecule has 0 bridgehead atoms. The molecule has 3 aliphatic rings. The Balaban J connectivity index is 1.08. The molecule has 2 saturated heterocycles. The second kappa shape index (κ2) is 11.0. The first-order valence-corrected chi connectivity index (χ1v) is 14.5. The minimum atomic E-state index is -0.497. The van der Waals surface area contributed by atoms with Crippen LogP contribution in [0.2, 0.25) is 5.02 Å². The number of hydrogen-bond donors (Lipinski definition) is 0. The Morgan fingerprint density at radius 1 is 1.10 bits per heavy atom. The van der Waals surface area contributed by atoms with Crippen molar-refractivity contribution < 1.29 is 18.7 Å². The molecule has 5 heterocycles. The number of benzene rings is 2. The summed E-state index contributed by atoms with van der Waals surface area (Å²) in [5, 5.41) is 0.369. The number of ether oxygens (including phenoxy) is 2. The van der Waals surface area contributed by atoms with Gasteiger partial charge in [0.2, 0.25) is 0 Å². The van der Waals surface area contributed by atoms with Crippen LogP contribution in [0.15, 0.2) is 54.7 Å². The number of aromatic nitrogens is 3. The lowest BCUT2D eigenvalue weighted by atomic mass is 9.87. The van der Waals surface area contributed by atoms with Crippen molar-refractivity contribution in [2.24, 2.45) is 0 Å². The fraction of sp³-hybridized carbons (Fsp3) is 0.344. The summed E-state index contributed by atoms with van der Waals surface area (Å²) < 4.78 is 29.0. The van der Waals surface area contributed by atoms with Crippen molar-refractivity contribution in [2.75, 3.05) is 19.7 Å². The predicted molar refractivity (Wildman–Crippen MR) is 155 cm³/mol. The molecule has 2 fully saturated rings. The van der Waals surface area contributed by atoms with E-state index in [2.05, 4.69) is 26.6 Å². The number of carbonyl (C=O) groups is 1. The molecule has 3 aliphatic heterocycles. The van der Waals surface area contributed by atoms with E-state index in [9.17, 15) is 9.18 Å². The minimum absolute atomic E-state index is 0.186. The third-order valence-corrected chi connectivity index (χ3v) is 8.70. The van der Waals surface area contributed by atoms with Crippen LogP contribution in [0.25, 0.3) is 17.1 Å². The maximum absolute atomic E-state index is 14.7. The highest BCUT2D eigenvalue weighted by Crippen LogP contribution is 2.42. The van der Waals surface area contributed by atoms with Gasteiger partial charge < -0.3 is 14.0 Å². The molecule has 210 valence electrons. The fourth-order valence-corrected chi connectivity index (χ4v) is 6.29. The van der Waals surface area contributed by atoms with Gasteiger partial charge in [-0.25, -0.2) is 9.37 Å². The van der Waals surface area contributed by atoms with Crippen LogP contribution < -0.4 is 4.74 Å². The van der Waals surface area contributed by atoms with Crippen molar-refractivity contribution in [1.29, 1.82) is 0 Å². The van der Waals surface area contributed by atoms with E-state index in [1.54, 1.807) is 24.4 Å². The van der Waals surface area contributed by atoms with E-state index < -0.39 is 6.10 Å². The monoisotopic (exact) mass is 572 g/mol. The van der Waals surface area contributed by atoms with Crippen LogP contribution in [0.1, 0.15) is 64.3 Å². The molecule has 7 rings (SSSR count). The van der Waals surface area contributed by atoms with Gasteiger partial charge in [-0.15, -0.1) is 0 Å². The molecule has 2 aromatic heterocycles. The minimum Gasteiger partial charge on any atom is -0.481 e. The van der Waals surface area contributed by atoms with E-state index >= 15 is 0 Å². The summed E-state index contributed by atoms with van der Waals surface area (Å²) >= 11 is 5.97. The van der Waals surface area contributed by atoms with E-state index in [-0.39, 0.29) is 11.9 Å². The van der Waals surface area contributed by atoms with Crippen molar-refractivity contribution >= 4 is 35.0 Å². The van der Waals surface area contributed by atoms with E-state index in [1.165, 1.54) is 11.6 Å². The summed E-state index contributed by atoms with van der Waals surface area (Å²) in [6, 6.07) is 12.7. The van der Waals surface area contributed by atoms with Gasteiger partial charge in [0, 0.05) is 22.8 Å². The third kappa shape index (κ3) is 5.16. The topological polar surface area (TPSA) is 69.5 Å². The van der Waals surface area contributed by atoms with Crippen LogP contribution in [0, 0.1) is 5.82 Å². The molecule has 0 radical (unpaired) electrons. The predicted octanol–water partition coefficient (Wildman–Crippen LogP) is 6.35. The third-order valence-electron chi connectivity index (χ3n) is 8.47. The molecule has 2 aromatic carbocycles. The van der Waals surface area contributed by atoms with E-state index in [0.29, 0.717) is 28.7 Å². The number of pyridine rings is 1. The quantitative estimate of drug-likeness (QED) is 0.240. The van der Waals surface area contributed by atoms with Crippen molar-refractivity contribution in [2.45, 2.75) is 50.5 Å². The number of para-hydroxylation sites is 1. The van der Waals surface area contributed by atoms with Gasteiger partial charge in [-0.3, -0.25) is 14.7 Å². The smallest absolute Gasteiger partial charge is 0.168 e. The average Bonchev–Trinajstić information content (AvgIpc) is 3.30. The number of nitrogens with zero attached hydrogens (tertiary/aromatic N) is 4. The van der Waals surface area contributed by atoms with Crippen LogP contribution >= 0.6 is 11.6 Å².